The SMILES string of the molecule is Cc1cn(C2CCCCC2C(C)C)c(=S)[nH]1. The lowest BCUT2D eigenvalue weighted by Gasteiger charge is -2.35. The Morgan fingerprint density at radius 1 is 1.38 bits per heavy atom. The van der Waals surface area contributed by atoms with E-state index in [0.717, 1.165) is 16.6 Å². The van der Waals surface area contributed by atoms with Crippen LogP contribution in [-0.2, 0) is 0 Å². The largest absolute Gasteiger partial charge is 0.335 e. The Hall–Kier alpha value is -0.570. The van der Waals surface area contributed by atoms with Gasteiger partial charge in [0.25, 0.3) is 0 Å². The predicted molar refractivity (Wildman–Crippen MR) is 70.2 cm³/mol. The van der Waals surface area contributed by atoms with E-state index in [1.54, 1.807) is 0 Å². The van der Waals surface area contributed by atoms with Crippen LogP contribution in [0.5, 0.6) is 0 Å². The third-order valence-electron chi connectivity index (χ3n) is 3.87. The molecule has 1 heterocycles. The van der Waals surface area contributed by atoms with Crippen molar-refractivity contribution in [2.45, 2.75) is 52.5 Å². The number of hydrogen-bond donors (Lipinski definition) is 1. The van der Waals surface area contributed by atoms with Gasteiger partial charge in [-0.3, -0.25) is 0 Å². The molecule has 0 aromatic carbocycles. The van der Waals surface area contributed by atoms with Gasteiger partial charge in [0, 0.05) is 17.9 Å². The van der Waals surface area contributed by atoms with Crippen molar-refractivity contribution in [1.29, 1.82) is 0 Å². The van der Waals surface area contributed by atoms with E-state index in [9.17, 15) is 0 Å². The Labute approximate surface area is 103 Å². The van der Waals surface area contributed by atoms with Crippen molar-refractivity contribution in [2.24, 2.45) is 11.8 Å². The highest BCUT2D eigenvalue weighted by Crippen LogP contribution is 2.38. The van der Waals surface area contributed by atoms with Crippen LogP contribution in [0, 0.1) is 23.5 Å². The first-order valence-corrected chi connectivity index (χ1v) is 6.78. The standard InChI is InChI=1S/C13H22N2S/c1-9(2)11-6-4-5-7-12(11)15-8-10(3)14-13(15)16/h8-9,11-12H,4-7H2,1-3H3,(H,14,16). The second-order valence-corrected chi connectivity index (χ2v) is 5.80. The van der Waals surface area contributed by atoms with E-state index in [4.69, 9.17) is 12.2 Å². The Morgan fingerprint density at radius 2 is 2.06 bits per heavy atom. The summed E-state index contributed by atoms with van der Waals surface area (Å²) in [4.78, 5) is 3.24. The molecule has 1 N–H and O–H groups in total. The Balaban J connectivity index is 2.30. The molecule has 1 aliphatic carbocycles. The number of aromatic amines is 1. The molecule has 0 bridgehead atoms. The fraction of sp³-hybridized carbons (Fsp3) is 0.769. The van der Waals surface area contributed by atoms with Gasteiger partial charge in [-0.1, -0.05) is 26.7 Å². The molecule has 0 aliphatic heterocycles. The zero-order valence-electron chi connectivity index (χ0n) is 10.5. The smallest absolute Gasteiger partial charge is 0.177 e. The average molecular weight is 238 g/mol. The van der Waals surface area contributed by atoms with Crippen molar-refractivity contribution in [3.05, 3.63) is 16.7 Å². The highest BCUT2D eigenvalue weighted by molar-refractivity contribution is 7.71. The summed E-state index contributed by atoms with van der Waals surface area (Å²) in [6, 6.07) is 0.617. The number of aromatic nitrogens is 2. The summed E-state index contributed by atoms with van der Waals surface area (Å²) < 4.78 is 3.20. The molecule has 90 valence electrons. The van der Waals surface area contributed by atoms with Crippen LogP contribution in [0.3, 0.4) is 0 Å². The number of nitrogens with zero attached hydrogens (tertiary/aromatic N) is 1. The second-order valence-electron chi connectivity index (χ2n) is 5.41. The Kier molecular flexibility index (Phi) is 3.53. The predicted octanol–water partition coefficient (Wildman–Crippen LogP) is 4.24. The molecule has 0 spiro atoms. The zero-order valence-corrected chi connectivity index (χ0v) is 11.3. The molecular weight excluding hydrogens is 216 g/mol. The third kappa shape index (κ3) is 2.24. The van der Waals surface area contributed by atoms with Gasteiger partial charge in [-0.15, -0.1) is 0 Å². The topological polar surface area (TPSA) is 20.7 Å². The molecule has 2 rings (SSSR count). The van der Waals surface area contributed by atoms with Crippen LogP contribution < -0.4 is 0 Å². The summed E-state index contributed by atoms with van der Waals surface area (Å²) in [7, 11) is 0. The lowest BCUT2D eigenvalue weighted by atomic mass is 9.78. The van der Waals surface area contributed by atoms with Crippen molar-refractivity contribution in [3.63, 3.8) is 0 Å². The summed E-state index contributed by atoms with van der Waals surface area (Å²) in [6.45, 7) is 6.76. The molecule has 1 aliphatic rings. The first-order chi connectivity index (χ1) is 7.59. The Bertz CT molecular complexity index is 402. The number of nitrogens with one attached hydrogen (secondary N) is 1. The Morgan fingerprint density at radius 3 is 2.62 bits per heavy atom. The number of imidazole rings is 1. The van der Waals surface area contributed by atoms with Gasteiger partial charge in [-0.2, -0.15) is 0 Å². The van der Waals surface area contributed by atoms with Crippen molar-refractivity contribution in [1.82, 2.24) is 9.55 Å². The van der Waals surface area contributed by atoms with Gasteiger partial charge < -0.3 is 9.55 Å². The van der Waals surface area contributed by atoms with Gasteiger partial charge in [0.05, 0.1) is 0 Å². The van der Waals surface area contributed by atoms with Crippen LogP contribution in [0.25, 0.3) is 0 Å². The van der Waals surface area contributed by atoms with Gasteiger partial charge >= 0.3 is 0 Å². The summed E-state index contributed by atoms with van der Waals surface area (Å²) in [5.74, 6) is 1.54. The summed E-state index contributed by atoms with van der Waals surface area (Å²) in [5.41, 5.74) is 1.18. The first kappa shape index (κ1) is 11.9. The van der Waals surface area contributed by atoms with Gasteiger partial charge in [-0.05, 0) is 43.8 Å². The minimum Gasteiger partial charge on any atom is -0.335 e. The van der Waals surface area contributed by atoms with E-state index in [1.165, 1.54) is 31.4 Å². The van der Waals surface area contributed by atoms with E-state index in [0.29, 0.717) is 6.04 Å². The van der Waals surface area contributed by atoms with E-state index < -0.39 is 0 Å². The van der Waals surface area contributed by atoms with Crippen molar-refractivity contribution in [2.75, 3.05) is 0 Å². The van der Waals surface area contributed by atoms with Crippen LogP contribution in [0.2, 0.25) is 0 Å². The zero-order chi connectivity index (χ0) is 11.7. The fourth-order valence-electron chi connectivity index (χ4n) is 3.04. The molecule has 2 nitrogen and oxygen atoms in total. The number of hydrogen-bond acceptors (Lipinski definition) is 1. The maximum Gasteiger partial charge on any atom is 0.177 e. The monoisotopic (exact) mass is 238 g/mol. The van der Waals surface area contributed by atoms with Crippen LogP contribution in [0.4, 0.5) is 0 Å². The van der Waals surface area contributed by atoms with Crippen LogP contribution in [0.1, 0.15) is 51.3 Å². The van der Waals surface area contributed by atoms with E-state index in [2.05, 4.69) is 36.5 Å². The molecule has 1 fully saturated rings. The second kappa shape index (κ2) is 4.74. The molecule has 1 saturated carbocycles. The van der Waals surface area contributed by atoms with E-state index in [-0.39, 0.29) is 0 Å². The first-order valence-electron chi connectivity index (χ1n) is 6.37. The van der Waals surface area contributed by atoms with E-state index in [1.807, 2.05) is 0 Å². The van der Waals surface area contributed by atoms with Crippen LogP contribution in [-0.4, -0.2) is 9.55 Å². The third-order valence-corrected chi connectivity index (χ3v) is 4.18. The van der Waals surface area contributed by atoms with Gasteiger partial charge in [0.2, 0.25) is 0 Å². The maximum absolute atomic E-state index is 5.40. The molecule has 0 radical (unpaired) electrons. The number of rotatable bonds is 2. The highest BCUT2D eigenvalue weighted by Gasteiger charge is 2.29. The van der Waals surface area contributed by atoms with Crippen molar-refractivity contribution >= 4 is 12.2 Å². The normalized spacial score (nSPS) is 26.2. The lowest BCUT2D eigenvalue weighted by Crippen LogP contribution is -2.26. The molecule has 1 aromatic rings. The minimum absolute atomic E-state index is 0.617. The minimum atomic E-state index is 0.617. The molecular formula is C13H22N2S. The molecule has 2 atom stereocenters. The summed E-state index contributed by atoms with van der Waals surface area (Å²) in [6.07, 6.45) is 7.56. The molecule has 3 heteroatoms. The van der Waals surface area contributed by atoms with Gasteiger partial charge in [0.15, 0.2) is 4.77 Å². The van der Waals surface area contributed by atoms with Crippen molar-refractivity contribution < 1.29 is 0 Å². The summed E-state index contributed by atoms with van der Waals surface area (Å²) in [5, 5.41) is 0. The maximum atomic E-state index is 5.40. The van der Waals surface area contributed by atoms with Gasteiger partial charge in [0.1, 0.15) is 0 Å². The highest BCUT2D eigenvalue weighted by atomic mass is 32.1. The van der Waals surface area contributed by atoms with E-state index >= 15 is 0 Å². The molecule has 1 aromatic heterocycles. The number of H-pyrrole nitrogens is 1. The van der Waals surface area contributed by atoms with Gasteiger partial charge in [-0.25, -0.2) is 0 Å². The quantitative estimate of drug-likeness (QED) is 0.764. The van der Waals surface area contributed by atoms with Crippen LogP contribution >= 0.6 is 12.2 Å². The average Bonchev–Trinajstić information content (AvgIpc) is 2.57. The van der Waals surface area contributed by atoms with Crippen molar-refractivity contribution in [3.8, 4) is 0 Å². The number of aryl methyl sites for hydroxylation is 1. The summed E-state index contributed by atoms with van der Waals surface area (Å²) >= 11 is 5.40. The lowest BCUT2D eigenvalue weighted by molar-refractivity contribution is 0.183. The van der Waals surface area contributed by atoms with Crippen LogP contribution in [0.15, 0.2) is 6.20 Å². The molecule has 0 saturated heterocycles. The molecule has 2 unspecified atom stereocenters. The fourth-order valence-corrected chi connectivity index (χ4v) is 3.39. The molecule has 16 heavy (non-hydrogen) atoms. The molecule has 0 amide bonds.